The molecular weight excluding hydrogens is 230 g/mol. The van der Waals surface area contributed by atoms with Gasteiger partial charge < -0.3 is 10.8 Å². The van der Waals surface area contributed by atoms with Gasteiger partial charge in [0.05, 0.1) is 4.34 Å². The number of aliphatic hydroxyl groups excluding tert-OH is 1. The number of hydrogen-bond donors (Lipinski definition) is 2. The van der Waals surface area contributed by atoms with E-state index in [4.69, 9.17) is 22.4 Å². The first-order valence-corrected chi connectivity index (χ1v) is 6.36. The molecule has 2 unspecified atom stereocenters. The fourth-order valence-electron chi connectivity index (χ4n) is 1.80. The van der Waals surface area contributed by atoms with Crippen LogP contribution in [0.4, 0.5) is 0 Å². The maximum atomic E-state index is 9.13. The normalized spacial score (nSPS) is 17.4. The molecule has 0 bridgehead atoms. The standard InChI is InChI=1S/C11H18ClNOS/c1-3-8(13)11(2,6-7-14)9-4-5-10(12)15-9/h4-5,8,14H,3,6-7,13H2,1-2H3. The smallest absolute Gasteiger partial charge is 0.0931 e. The van der Waals surface area contributed by atoms with Crippen molar-refractivity contribution in [1.82, 2.24) is 0 Å². The molecule has 0 radical (unpaired) electrons. The molecule has 4 heteroatoms. The average Bonchev–Trinajstić information content (AvgIpc) is 2.64. The van der Waals surface area contributed by atoms with Crippen LogP contribution in [0.5, 0.6) is 0 Å². The van der Waals surface area contributed by atoms with Gasteiger partial charge in [-0.25, -0.2) is 0 Å². The molecule has 15 heavy (non-hydrogen) atoms. The molecule has 1 aromatic heterocycles. The minimum Gasteiger partial charge on any atom is -0.396 e. The van der Waals surface area contributed by atoms with Crippen molar-refractivity contribution in [3.63, 3.8) is 0 Å². The maximum Gasteiger partial charge on any atom is 0.0931 e. The number of aliphatic hydroxyl groups is 1. The fraction of sp³-hybridized carbons (Fsp3) is 0.636. The Morgan fingerprint density at radius 2 is 2.27 bits per heavy atom. The summed E-state index contributed by atoms with van der Waals surface area (Å²) in [5, 5.41) is 9.13. The highest BCUT2D eigenvalue weighted by Crippen LogP contribution is 2.37. The van der Waals surface area contributed by atoms with Crippen molar-refractivity contribution in [2.24, 2.45) is 5.73 Å². The van der Waals surface area contributed by atoms with Crippen molar-refractivity contribution in [2.45, 2.75) is 38.1 Å². The lowest BCUT2D eigenvalue weighted by atomic mass is 9.77. The van der Waals surface area contributed by atoms with Crippen LogP contribution in [0.3, 0.4) is 0 Å². The van der Waals surface area contributed by atoms with Gasteiger partial charge in [0.25, 0.3) is 0 Å². The van der Waals surface area contributed by atoms with E-state index in [9.17, 15) is 0 Å². The Morgan fingerprint density at radius 1 is 1.60 bits per heavy atom. The van der Waals surface area contributed by atoms with Crippen molar-refractivity contribution >= 4 is 22.9 Å². The van der Waals surface area contributed by atoms with Crippen LogP contribution in [0.15, 0.2) is 12.1 Å². The van der Waals surface area contributed by atoms with Crippen molar-refractivity contribution in [3.05, 3.63) is 21.3 Å². The third-order valence-corrected chi connectivity index (χ3v) is 4.54. The Bertz CT molecular complexity index is 315. The summed E-state index contributed by atoms with van der Waals surface area (Å²) in [4.78, 5) is 1.16. The first-order valence-electron chi connectivity index (χ1n) is 5.17. The molecule has 0 amide bonds. The zero-order chi connectivity index (χ0) is 11.5. The van der Waals surface area contributed by atoms with Gasteiger partial charge in [0.1, 0.15) is 0 Å². The van der Waals surface area contributed by atoms with Crippen LogP contribution in [0.1, 0.15) is 31.6 Å². The van der Waals surface area contributed by atoms with Crippen LogP contribution in [0, 0.1) is 0 Å². The lowest BCUT2D eigenvalue weighted by Crippen LogP contribution is -2.42. The summed E-state index contributed by atoms with van der Waals surface area (Å²) in [6.45, 7) is 4.31. The van der Waals surface area contributed by atoms with E-state index in [2.05, 4.69) is 13.8 Å². The summed E-state index contributed by atoms with van der Waals surface area (Å²) < 4.78 is 0.775. The molecule has 86 valence electrons. The monoisotopic (exact) mass is 247 g/mol. The van der Waals surface area contributed by atoms with Gasteiger partial charge in [0.15, 0.2) is 0 Å². The topological polar surface area (TPSA) is 46.2 Å². The van der Waals surface area contributed by atoms with Gasteiger partial charge in [-0.15, -0.1) is 11.3 Å². The van der Waals surface area contributed by atoms with E-state index in [0.717, 1.165) is 15.6 Å². The molecule has 0 aliphatic heterocycles. The third-order valence-electron chi connectivity index (χ3n) is 3.03. The lowest BCUT2D eigenvalue weighted by molar-refractivity contribution is 0.225. The van der Waals surface area contributed by atoms with E-state index in [-0.39, 0.29) is 18.1 Å². The van der Waals surface area contributed by atoms with Crippen LogP contribution in [0.2, 0.25) is 4.34 Å². The third kappa shape index (κ3) is 2.72. The zero-order valence-electron chi connectivity index (χ0n) is 9.16. The molecule has 2 atom stereocenters. The highest BCUT2D eigenvalue weighted by atomic mass is 35.5. The van der Waals surface area contributed by atoms with Gasteiger partial charge in [-0.05, 0) is 25.0 Å². The summed E-state index contributed by atoms with van der Waals surface area (Å²) in [5.41, 5.74) is 5.97. The van der Waals surface area contributed by atoms with E-state index < -0.39 is 0 Å². The first kappa shape index (κ1) is 13.0. The Balaban J connectivity index is 3.00. The lowest BCUT2D eigenvalue weighted by Gasteiger charge is -2.33. The second-order valence-corrected chi connectivity index (χ2v) is 5.72. The zero-order valence-corrected chi connectivity index (χ0v) is 10.7. The molecule has 2 nitrogen and oxygen atoms in total. The molecule has 1 aromatic rings. The Morgan fingerprint density at radius 3 is 2.67 bits per heavy atom. The van der Waals surface area contributed by atoms with Crippen LogP contribution >= 0.6 is 22.9 Å². The number of rotatable bonds is 5. The number of halogens is 1. The highest BCUT2D eigenvalue weighted by molar-refractivity contribution is 7.16. The molecule has 0 fully saturated rings. The van der Waals surface area contributed by atoms with E-state index in [1.165, 1.54) is 0 Å². The predicted octanol–water partition coefficient (Wildman–Crippen LogP) is 2.78. The summed E-state index contributed by atoms with van der Waals surface area (Å²) in [6.07, 6.45) is 1.57. The number of hydrogen-bond acceptors (Lipinski definition) is 3. The maximum absolute atomic E-state index is 9.13. The molecule has 1 heterocycles. The molecule has 0 saturated heterocycles. The molecule has 0 aliphatic rings. The van der Waals surface area contributed by atoms with E-state index >= 15 is 0 Å². The van der Waals surface area contributed by atoms with Crippen molar-refractivity contribution in [2.75, 3.05) is 6.61 Å². The summed E-state index contributed by atoms with van der Waals surface area (Å²) in [7, 11) is 0. The highest BCUT2D eigenvalue weighted by Gasteiger charge is 2.33. The molecule has 0 aromatic carbocycles. The Labute approximate surface area is 100 Å². The number of thiophene rings is 1. The van der Waals surface area contributed by atoms with Gasteiger partial charge in [0.2, 0.25) is 0 Å². The minimum atomic E-state index is -0.165. The van der Waals surface area contributed by atoms with Crippen LogP contribution in [-0.2, 0) is 5.41 Å². The van der Waals surface area contributed by atoms with Crippen molar-refractivity contribution in [3.8, 4) is 0 Å². The van der Waals surface area contributed by atoms with Gasteiger partial charge in [-0.3, -0.25) is 0 Å². The van der Waals surface area contributed by atoms with Crippen LogP contribution in [-0.4, -0.2) is 17.8 Å². The van der Waals surface area contributed by atoms with E-state index in [1.807, 2.05) is 12.1 Å². The molecule has 0 saturated carbocycles. The second kappa shape index (κ2) is 5.30. The molecule has 1 rings (SSSR count). The molecule has 0 spiro atoms. The van der Waals surface area contributed by atoms with Gasteiger partial charge in [-0.1, -0.05) is 25.4 Å². The average molecular weight is 248 g/mol. The quantitative estimate of drug-likeness (QED) is 0.841. The molecule has 0 aliphatic carbocycles. The van der Waals surface area contributed by atoms with Gasteiger partial charge in [-0.2, -0.15) is 0 Å². The van der Waals surface area contributed by atoms with Gasteiger partial charge in [0, 0.05) is 22.9 Å². The van der Waals surface area contributed by atoms with Crippen LogP contribution < -0.4 is 5.73 Å². The Hall–Kier alpha value is -0.0900. The second-order valence-electron chi connectivity index (χ2n) is 4.01. The minimum absolute atomic E-state index is 0.0550. The fourth-order valence-corrected chi connectivity index (χ4v) is 3.08. The summed E-state index contributed by atoms with van der Waals surface area (Å²) in [6, 6.07) is 3.96. The predicted molar refractivity (Wildman–Crippen MR) is 66.7 cm³/mol. The SMILES string of the molecule is CCC(N)C(C)(CCO)c1ccc(Cl)s1. The summed E-state index contributed by atoms with van der Waals surface area (Å²) in [5.74, 6) is 0. The van der Waals surface area contributed by atoms with Gasteiger partial charge >= 0.3 is 0 Å². The number of nitrogens with two attached hydrogens (primary N) is 1. The molecule has 3 N–H and O–H groups in total. The summed E-state index contributed by atoms with van der Waals surface area (Å²) >= 11 is 7.48. The van der Waals surface area contributed by atoms with E-state index in [0.29, 0.717) is 6.42 Å². The molecular formula is C11H18ClNOS. The van der Waals surface area contributed by atoms with Crippen LogP contribution in [0.25, 0.3) is 0 Å². The largest absolute Gasteiger partial charge is 0.396 e. The first-order chi connectivity index (χ1) is 7.04. The van der Waals surface area contributed by atoms with Crippen molar-refractivity contribution in [1.29, 1.82) is 0 Å². The van der Waals surface area contributed by atoms with Crippen molar-refractivity contribution < 1.29 is 5.11 Å². The Kier molecular flexibility index (Phi) is 4.59. The van der Waals surface area contributed by atoms with E-state index in [1.54, 1.807) is 11.3 Å².